The first-order valence-corrected chi connectivity index (χ1v) is 7.55. The van der Waals surface area contributed by atoms with Crippen molar-refractivity contribution in [2.45, 2.75) is 31.7 Å². The maximum atomic E-state index is 12.5. The minimum Gasteiger partial charge on any atom is -0.399 e. The van der Waals surface area contributed by atoms with Crippen LogP contribution in [0.2, 0.25) is 0 Å². The zero-order chi connectivity index (χ0) is 15.7. The Labute approximate surface area is 118 Å². The number of benzene rings is 1. The highest BCUT2D eigenvalue weighted by atomic mass is 32.2. The molecule has 0 aliphatic carbocycles. The van der Waals surface area contributed by atoms with Crippen LogP contribution in [0.5, 0.6) is 0 Å². The predicted octanol–water partition coefficient (Wildman–Crippen LogP) is 1.84. The molecule has 0 aliphatic heterocycles. The molecule has 0 heterocycles. The lowest BCUT2D eigenvalue weighted by molar-refractivity contribution is -0.387. The van der Waals surface area contributed by atoms with Gasteiger partial charge in [-0.1, -0.05) is 13.8 Å². The number of nitro groups is 1. The van der Waals surface area contributed by atoms with E-state index in [1.807, 2.05) is 13.8 Å². The summed E-state index contributed by atoms with van der Waals surface area (Å²) < 4.78 is 26.1. The number of nitrogen functional groups attached to an aromatic ring is 1. The minimum atomic E-state index is -3.94. The van der Waals surface area contributed by atoms with Crippen molar-refractivity contribution >= 4 is 21.4 Å². The van der Waals surface area contributed by atoms with Gasteiger partial charge in [0, 0.05) is 24.8 Å². The first-order chi connectivity index (χ1) is 9.09. The Morgan fingerprint density at radius 2 is 1.85 bits per heavy atom. The Kier molecular flexibility index (Phi) is 4.72. The van der Waals surface area contributed by atoms with Gasteiger partial charge in [-0.15, -0.1) is 0 Å². The van der Waals surface area contributed by atoms with Gasteiger partial charge < -0.3 is 5.73 Å². The van der Waals surface area contributed by atoms with Crippen LogP contribution >= 0.6 is 0 Å². The number of hydrogen-bond acceptors (Lipinski definition) is 5. The highest BCUT2D eigenvalue weighted by Gasteiger charge is 2.32. The number of rotatable bonds is 5. The Bertz CT molecular complexity index is 613. The summed E-state index contributed by atoms with van der Waals surface area (Å²) in [4.78, 5) is 9.93. The van der Waals surface area contributed by atoms with Crippen LogP contribution in [0.4, 0.5) is 11.4 Å². The van der Waals surface area contributed by atoms with Crippen molar-refractivity contribution in [3.8, 4) is 0 Å². The van der Waals surface area contributed by atoms with E-state index in [0.717, 1.165) is 10.4 Å². The summed E-state index contributed by atoms with van der Waals surface area (Å²) in [6.45, 7) is 5.52. The van der Waals surface area contributed by atoms with Crippen molar-refractivity contribution in [2.75, 3.05) is 12.8 Å². The van der Waals surface area contributed by atoms with Crippen LogP contribution in [0.25, 0.3) is 0 Å². The van der Waals surface area contributed by atoms with Crippen LogP contribution < -0.4 is 5.73 Å². The highest BCUT2D eigenvalue weighted by Crippen LogP contribution is 2.29. The largest absolute Gasteiger partial charge is 0.399 e. The molecule has 1 rings (SSSR count). The molecule has 1 unspecified atom stereocenters. The lowest BCUT2D eigenvalue weighted by Gasteiger charge is -2.27. The molecule has 0 saturated carbocycles. The lowest BCUT2D eigenvalue weighted by atomic mass is 10.1. The van der Waals surface area contributed by atoms with E-state index in [-0.39, 0.29) is 22.5 Å². The number of sulfonamides is 1. The first kappa shape index (κ1) is 16.4. The molecule has 0 aliphatic rings. The third kappa shape index (κ3) is 3.07. The summed E-state index contributed by atoms with van der Waals surface area (Å²) in [6, 6.07) is 3.29. The van der Waals surface area contributed by atoms with Gasteiger partial charge >= 0.3 is 0 Å². The molecular weight excluding hydrogens is 282 g/mol. The van der Waals surface area contributed by atoms with Crippen LogP contribution in [-0.4, -0.2) is 30.7 Å². The van der Waals surface area contributed by atoms with Gasteiger partial charge in [0.1, 0.15) is 0 Å². The molecule has 1 aromatic carbocycles. The summed E-state index contributed by atoms with van der Waals surface area (Å²) in [5.74, 6) is 0.0858. The molecule has 0 saturated heterocycles. The van der Waals surface area contributed by atoms with Gasteiger partial charge in [0.15, 0.2) is 4.90 Å². The van der Waals surface area contributed by atoms with E-state index in [9.17, 15) is 18.5 Å². The van der Waals surface area contributed by atoms with E-state index in [0.29, 0.717) is 0 Å². The van der Waals surface area contributed by atoms with E-state index in [2.05, 4.69) is 0 Å². The van der Waals surface area contributed by atoms with Crippen LogP contribution in [0.3, 0.4) is 0 Å². The molecule has 0 aromatic heterocycles. The fraction of sp³-hybridized carbons (Fsp3) is 0.500. The molecule has 0 amide bonds. The van der Waals surface area contributed by atoms with Gasteiger partial charge in [-0.2, -0.15) is 4.31 Å². The van der Waals surface area contributed by atoms with E-state index in [4.69, 9.17) is 5.73 Å². The third-order valence-electron chi connectivity index (χ3n) is 3.38. The monoisotopic (exact) mass is 301 g/mol. The van der Waals surface area contributed by atoms with Crippen molar-refractivity contribution in [3.05, 3.63) is 28.3 Å². The van der Waals surface area contributed by atoms with Crippen LogP contribution in [0.15, 0.2) is 23.1 Å². The zero-order valence-electron chi connectivity index (χ0n) is 11.9. The highest BCUT2D eigenvalue weighted by molar-refractivity contribution is 7.89. The molecule has 0 radical (unpaired) electrons. The van der Waals surface area contributed by atoms with Crippen molar-refractivity contribution in [2.24, 2.45) is 5.92 Å². The quantitative estimate of drug-likeness (QED) is 0.507. The summed E-state index contributed by atoms with van der Waals surface area (Å²) in [5.41, 5.74) is 5.12. The standard InChI is InChI=1S/C12H19N3O4S/c1-8(2)9(3)14(4)20(18,19)12-6-5-10(13)7-11(12)15(16)17/h5-9H,13H2,1-4H3. The second-order valence-electron chi connectivity index (χ2n) is 4.99. The van der Waals surface area contributed by atoms with Crippen molar-refractivity contribution in [1.29, 1.82) is 0 Å². The van der Waals surface area contributed by atoms with E-state index in [1.54, 1.807) is 6.92 Å². The average Bonchev–Trinajstić information content (AvgIpc) is 2.36. The van der Waals surface area contributed by atoms with Crippen molar-refractivity contribution in [1.82, 2.24) is 4.31 Å². The Morgan fingerprint density at radius 3 is 2.30 bits per heavy atom. The summed E-state index contributed by atoms with van der Waals surface area (Å²) in [7, 11) is -2.52. The lowest BCUT2D eigenvalue weighted by Crippen LogP contribution is -2.38. The number of nitro benzene ring substituents is 1. The van der Waals surface area contributed by atoms with E-state index < -0.39 is 20.6 Å². The fourth-order valence-electron chi connectivity index (χ4n) is 1.69. The molecule has 1 atom stereocenters. The molecule has 0 spiro atoms. The maximum Gasteiger partial charge on any atom is 0.291 e. The van der Waals surface area contributed by atoms with Gasteiger partial charge in [0.05, 0.1) is 4.92 Å². The van der Waals surface area contributed by atoms with Gasteiger partial charge in [-0.3, -0.25) is 10.1 Å². The molecule has 1 aromatic rings. The van der Waals surface area contributed by atoms with Gasteiger partial charge in [-0.05, 0) is 25.0 Å². The topological polar surface area (TPSA) is 107 Å². The van der Waals surface area contributed by atoms with E-state index in [1.165, 1.54) is 19.2 Å². The Hall–Kier alpha value is -1.67. The molecule has 2 N–H and O–H groups in total. The van der Waals surface area contributed by atoms with Gasteiger partial charge in [0.2, 0.25) is 10.0 Å². The van der Waals surface area contributed by atoms with Crippen LogP contribution in [-0.2, 0) is 10.0 Å². The molecule has 20 heavy (non-hydrogen) atoms. The summed E-state index contributed by atoms with van der Waals surface area (Å²) >= 11 is 0. The Morgan fingerprint density at radius 1 is 1.30 bits per heavy atom. The SMILES string of the molecule is CC(C)C(C)N(C)S(=O)(=O)c1ccc(N)cc1[N+](=O)[O-]. The molecule has 0 bridgehead atoms. The molecule has 112 valence electrons. The van der Waals surface area contributed by atoms with Crippen LogP contribution in [0, 0.1) is 16.0 Å². The minimum absolute atomic E-state index is 0.0858. The molecule has 0 fully saturated rings. The third-order valence-corrected chi connectivity index (χ3v) is 5.37. The smallest absolute Gasteiger partial charge is 0.291 e. The van der Waals surface area contributed by atoms with Crippen molar-refractivity contribution in [3.63, 3.8) is 0 Å². The second-order valence-corrected chi connectivity index (χ2v) is 6.96. The summed E-state index contributed by atoms with van der Waals surface area (Å²) in [5, 5.41) is 11.0. The number of nitrogens with zero attached hydrogens (tertiary/aromatic N) is 2. The normalized spacial score (nSPS) is 13.7. The average molecular weight is 301 g/mol. The molecular formula is C12H19N3O4S. The molecule has 7 nitrogen and oxygen atoms in total. The number of nitrogens with two attached hydrogens (primary N) is 1. The first-order valence-electron chi connectivity index (χ1n) is 6.11. The van der Waals surface area contributed by atoms with Crippen LogP contribution in [0.1, 0.15) is 20.8 Å². The molecule has 8 heteroatoms. The van der Waals surface area contributed by atoms with Crippen molar-refractivity contribution < 1.29 is 13.3 Å². The fourth-order valence-corrected chi connectivity index (χ4v) is 3.32. The zero-order valence-corrected chi connectivity index (χ0v) is 12.7. The van der Waals surface area contributed by atoms with Gasteiger partial charge in [-0.25, -0.2) is 8.42 Å². The summed E-state index contributed by atoms with van der Waals surface area (Å²) in [6.07, 6.45) is 0. The number of anilines is 1. The second kappa shape index (κ2) is 5.76. The van der Waals surface area contributed by atoms with Gasteiger partial charge in [0.25, 0.3) is 5.69 Å². The van der Waals surface area contributed by atoms with E-state index >= 15 is 0 Å². The predicted molar refractivity (Wildman–Crippen MR) is 76.8 cm³/mol. The number of hydrogen-bond donors (Lipinski definition) is 1. The Balaban J connectivity index is 3.40. The maximum absolute atomic E-state index is 12.5.